The highest BCUT2D eigenvalue weighted by Gasteiger charge is 2.27. The number of ether oxygens (including phenoxy) is 1. The van der Waals surface area contributed by atoms with Gasteiger partial charge in [0.05, 0.1) is 11.7 Å². The molecule has 0 aromatic heterocycles. The second-order valence-electron chi connectivity index (χ2n) is 4.14. The molecule has 0 spiro atoms. The van der Waals surface area contributed by atoms with Gasteiger partial charge >= 0.3 is 5.97 Å². The normalized spacial score (nSPS) is 23.6. The summed E-state index contributed by atoms with van der Waals surface area (Å²) in [4.78, 5) is 10.7. The molecule has 0 radical (unpaired) electrons. The van der Waals surface area contributed by atoms with Crippen LogP contribution in [-0.4, -0.2) is 28.4 Å². The molecule has 1 aliphatic rings. The molecule has 5 heteroatoms. The van der Waals surface area contributed by atoms with Crippen molar-refractivity contribution in [2.45, 2.75) is 31.5 Å². The third-order valence-corrected chi connectivity index (χ3v) is 2.82. The Labute approximate surface area is 97.6 Å². The topological polar surface area (TPSA) is 66.8 Å². The summed E-state index contributed by atoms with van der Waals surface area (Å²) in [7, 11) is 0. The zero-order chi connectivity index (χ0) is 12.4. The lowest BCUT2D eigenvalue weighted by Crippen LogP contribution is -2.25. The van der Waals surface area contributed by atoms with Gasteiger partial charge in [0, 0.05) is 6.07 Å². The number of aliphatic hydroxyl groups is 1. The Morgan fingerprint density at radius 2 is 2.12 bits per heavy atom. The van der Waals surface area contributed by atoms with Gasteiger partial charge in [-0.2, -0.15) is 0 Å². The van der Waals surface area contributed by atoms with Gasteiger partial charge in [-0.05, 0) is 31.4 Å². The minimum Gasteiger partial charge on any atom is -0.488 e. The Morgan fingerprint density at radius 1 is 1.35 bits per heavy atom. The van der Waals surface area contributed by atoms with E-state index in [2.05, 4.69) is 0 Å². The molecule has 0 bridgehead atoms. The van der Waals surface area contributed by atoms with Crippen LogP contribution in [0.5, 0.6) is 5.75 Å². The van der Waals surface area contributed by atoms with E-state index in [4.69, 9.17) is 9.84 Å². The molecule has 0 aliphatic heterocycles. The third-order valence-electron chi connectivity index (χ3n) is 2.82. The third kappa shape index (κ3) is 2.74. The first-order chi connectivity index (χ1) is 8.06. The maximum Gasteiger partial charge on any atom is 0.335 e. The second-order valence-corrected chi connectivity index (χ2v) is 4.14. The first kappa shape index (κ1) is 11.9. The Balaban J connectivity index is 2.17. The summed E-state index contributed by atoms with van der Waals surface area (Å²) in [6, 6.07) is 3.31. The van der Waals surface area contributed by atoms with Gasteiger partial charge in [-0.3, -0.25) is 0 Å². The van der Waals surface area contributed by atoms with Crippen molar-refractivity contribution < 1.29 is 24.1 Å². The highest BCUT2D eigenvalue weighted by atomic mass is 19.1. The number of hydrogen-bond donors (Lipinski definition) is 2. The molecular formula is C12H13FO4. The monoisotopic (exact) mass is 240 g/mol. The van der Waals surface area contributed by atoms with Gasteiger partial charge in [0.15, 0.2) is 0 Å². The first-order valence-electron chi connectivity index (χ1n) is 5.45. The minimum absolute atomic E-state index is 0.147. The van der Waals surface area contributed by atoms with Gasteiger partial charge in [-0.1, -0.05) is 0 Å². The smallest absolute Gasteiger partial charge is 0.335 e. The lowest BCUT2D eigenvalue weighted by atomic mass is 10.2. The molecule has 1 aliphatic carbocycles. The van der Waals surface area contributed by atoms with Crippen LogP contribution in [-0.2, 0) is 0 Å². The molecule has 1 fully saturated rings. The average Bonchev–Trinajstić information content (AvgIpc) is 2.63. The van der Waals surface area contributed by atoms with Crippen molar-refractivity contribution in [2.24, 2.45) is 0 Å². The van der Waals surface area contributed by atoms with Crippen LogP contribution < -0.4 is 4.74 Å². The maximum atomic E-state index is 13.2. The van der Waals surface area contributed by atoms with Gasteiger partial charge < -0.3 is 14.9 Å². The molecule has 0 saturated heterocycles. The Bertz CT molecular complexity index is 433. The van der Waals surface area contributed by atoms with Crippen LogP contribution in [0.2, 0.25) is 0 Å². The number of rotatable bonds is 3. The van der Waals surface area contributed by atoms with Crippen LogP contribution >= 0.6 is 0 Å². The number of carbonyl (C=O) groups is 1. The lowest BCUT2D eigenvalue weighted by Gasteiger charge is -2.17. The van der Waals surface area contributed by atoms with Crippen molar-refractivity contribution in [3.05, 3.63) is 29.6 Å². The van der Waals surface area contributed by atoms with Crippen LogP contribution in [0.4, 0.5) is 4.39 Å². The maximum absolute atomic E-state index is 13.2. The zero-order valence-corrected chi connectivity index (χ0v) is 9.10. The van der Waals surface area contributed by atoms with E-state index in [1.54, 1.807) is 0 Å². The number of carboxylic acids is 1. The summed E-state index contributed by atoms with van der Waals surface area (Å²) in [6.45, 7) is 0. The van der Waals surface area contributed by atoms with Crippen LogP contribution in [0.25, 0.3) is 0 Å². The predicted molar refractivity (Wildman–Crippen MR) is 57.6 cm³/mol. The van der Waals surface area contributed by atoms with Gasteiger partial charge in [-0.25, -0.2) is 9.18 Å². The standard InChI is InChI=1S/C12H13FO4/c13-8-4-7(12(15)16)5-9(6-8)17-11-3-1-2-10(11)14/h4-6,10-11,14H,1-3H2,(H,15,16). The van der Waals surface area contributed by atoms with E-state index in [1.165, 1.54) is 6.07 Å². The van der Waals surface area contributed by atoms with E-state index in [0.29, 0.717) is 12.8 Å². The van der Waals surface area contributed by atoms with E-state index in [9.17, 15) is 14.3 Å². The summed E-state index contributed by atoms with van der Waals surface area (Å²) in [6.07, 6.45) is 1.27. The second kappa shape index (κ2) is 4.71. The van der Waals surface area contributed by atoms with E-state index in [0.717, 1.165) is 18.6 Å². The molecule has 2 unspecified atom stereocenters. The fourth-order valence-corrected chi connectivity index (χ4v) is 1.97. The first-order valence-corrected chi connectivity index (χ1v) is 5.45. The molecule has 2 rings (SSSR count). The fraction of sp³-hybridized carbons (Fsp3) is 0.417. The summed E-state index contributed by atoms with van der Waals surface area (Å²) in [5, 5.41) is 18.3. The Kier molecular flexibility index (Phi) is 3.28. The predicted octanol–water partition coefficient (Wildman–Crippen LogP) is 1.82. The number of aromatic carboxylic acids is 1. The number of halogens is 1. The largest absolute Gasteiger partial charge is 0.488 e. The van der Waals surface area contributed by atoms with E-state index >= 15 is 0 Å². The number of hydrogen-bond acceptors (Lipinski definition) is 3. The molecule has 2 N–H and O–H groups in total. The van der Waals surface area contributed by atoms with Crippen molar-refractivity contribution in [1.29, 1.82) is 0 Å². The molecule has 0 amide bonds. The fourth-order valence-electron chi connectivity index (χ4n) is 1.97. The van der Waals surface area contributed by atoms with Gasteiger partial charge in [0.1, 0.15) is 17.7 Å². The lowest BCUT2D eigenvalue weighted by molar-refractivity contribution is 0.0597. The van der Waals surface area contributed by atoms with E-state index in [1.807, 2.05) is 0 Å². The van der Waals surface area contributed by atoms with Crippen LogP contribution in [0.15, 0.2) is 18.2 Å². The number of benzene rings is 1. The van der Waals surface area contributed by atoms with E-state index < -0.39 is 17.9 Å². The highest BCUT2D eigenvalue weighted by Crippen LogP contribution is 2.26. The molecular weight excluding hydrogens is 227 g/mol. The molecule has 1 saturated carbocycles. The summed E-state index contributed by atoms with van der Waals surface area (Å²) in [5.74, 6) is -1.72. The van der Waals surface area contributed by atoms with Crippen molar-refractivity contribution in [3.63, 3.8) is 0 Å². The van der Waals surface area contributed by atoms with Crippen molar-refractivity contribution >= 4 is 5.97 Å². The highest BCUT2D eigenvalue weighted by molar-refractivity contribution is 5.88. The molecule has 1 aromatic rings. The molecule has 1 aromatic carbocycles. The molecule has 92 valence electrons. The summed E-state index contributed by atoms with van der Waals surface area (Å²) in [5.41, 5.74) is -0.160. The molecule has 0 heterocycles. The summed E-state index contributed by atoms with van der Waals surface area (Å²) >= 11 is 0. The van der Waals surface area contributed by atoms with E-state index in [-0.39, 0.29) is 17.4 Å². The van der Waals surface area contributed by atoms with Crippen molar-refractivity contribution in [3.8, 4) is 5.75 Å². The average molecular weight is 240 g/mol. The minimum atomic E-state index is -1.21. The quantitative estimate of drug-likeness (QED) is 0.845. The van der Waals surface area contributed by atoms with Crippen molar-refractivity contribution in [1.82, 2.24) is 0 Å². The van der Waals surface area contributed by atoms with Crippen LogP contribution in [0.1, 0.15) is 29.6 Å². The Hall–Kier alpha value is -1.62. The number of aliphatic hydroxyl groups excluding tert-OH is 1. The van der Waals surface area contributed by atoms with Crippen LogP contribution in [0.3, 0.4) is 0 Å². The Morgan fingerprint density at radius 3 is 2.71 bits per heavy atom. The van der Waals surface area contributed by atoms with Crippen LogP contribution in [0, 0.1) is 5.82 Å². The van der Waals surface area contributed by atoms with Gasteiger partial charge in [0.25, 0.3) is 0 Å². The SMILES string of the molecule is O=C(O)c1cc(F)cc(OC2CCCC2O)c1. The zero-order valence-electron chi connectivity index (χ0n) is 9.10. The molecule has 2 atom stereocenters. The molecule has 17 heavy (non-hydrogen) atoms. The van der Waals surface area contributed by atoms with Crippen molar-refractivity contribution in [2.75, 3.05) is 0 Å². The van der Waals surface area contributed by atoms with Gasteiger partial charge in [0.2, 0.25) is 0 Å². The van der Waals surface area contributed by atoms with Gasteiger partial charge in [-0.15, -0.1) is 0 Å². The number of carboxylic acid groups (broad SMARTS) is 1. The molecule has 4 nitrogen and oxygen atoms in total. The summed E-state index contributed by atoms with van der Waals surface area (Å²) < 4.78 is 18.6.